The van der Waals surface area contributed by atoms with Crippen LogP contribution >= 0.6 is 0 Å². The van der Waals surface area contributed by atoms with Gasteiger partial charge in [-0.25, -0.2) is 15.1 Å². The lowest BCUT2D eigenvalue weighted by atomic mass is 9.43. The molecule has 230 valence electrons. The predicted octanol–water partition coefficient (Wildman–Crippen LogP) is 3.48. The number of rotatable bonds is 14. The number of ketones is 1. The van der Waals surface area contributed by atoms with Crippen LogP contribution in [0.15, 0.2) is 35.3 Å². The first-order valence-corrected chi connectivity index (χ1v) is 15.2. The molecule has 0 unspecified atom stereocenters. The summed E-state index contributed by atoms with van der Waals surface area (Å²) in [4.78, 5) is 41.4. The van der Waals surface area contributed by atoms with Crippen molar-refractivity contribution in [2.75, 3.05) is 6.54 Å². The van der Waals surface area contributed by atoms with Crippen molar-refractivity contribution in [2.45, 2.75) is 97.2 Å². The number of aliphatic imine (C=N–C) groups is 1. The molecule has 12 heteroatoms. The number of amides is 1. The van der Waals surface area contributed by atoms with E-state index < -0.39 is 18.1 Å². The zero-order chi connectivity index (χ0) is 30.7. The third-order valence-corrected chi connectivity index (χ3v) is 9.64. The number of carbonyl (C=O) groups excluding carboxylic acids is 2. The standard InChI is InChI=1S/C30H46BN5O6/c1-19(2)14-26(31-41-25-18-22-17-24(29(22,3)4)30(25,5)42-31)34-27(38)21(12-9-13-33-28(32)35-36(39)40)16-23(37)15-20-10-7-6-8-11-20/h6-8,10-11,19,21-22,24-26H,9,12-18H2,1-5H3,(H,34,38)(H3,32,33,35)/t21-,22+,24+,25-,26+,30+/m1/s1. The Labute approximate surface area is 249 Å². The fourth-order valence-electron chi connectivity index (χ4n) is 7.28. The number of hydrazine groups is 1. The quantitative estimate of drug-likeness (QED) is 0.0750. The molecule has 1 aromatic carbocycles. The molecule has 1 amide bonds. The van der Waals surface area contributed by atoms with Crippen molar-refractivity contribution < 1.29 is 23.9 Å². The molecule has 4 fully saturated rings. The van der Waals surface area contributed by atoms with Gasteiger partial charge in [0.05, 0.1) is 17.6 Å². The van der Waals surface area contributed by atoms with Gasteiger partial charge in [0.15, 0.2) is 5.03 Å². The van der Waals surface area contributed by atoms with Gasteiger partial charge >= 0.3 is 7.12 Å². The van der Waals surface area contributed by atoms with Gasteiger partial charge in [-0.1, -0.05) is 63.5 Å². The second-order valence-corrected chi connectivity index (χ2v) is 13.5. The molecule has 0 aromatic heterocycles. The maximum Gasteiger partial charge on any atom is 0.481 e. The molecule has 3 aliphatic carbocycles. The van der Waals surface area contributed by atoms with Crippen LogP contribution < -0.4 is 16.5 Å². The third kappa shape index (κ3) is 7.31. The molecule has 3 saturated carbocycles. The molecule has 1 aromatic rings. The van der Waals surface area contributed by atoms with Crippen LogP contribution in [0, 0.1) is 39.2 Å². The van der Waals surface area contributed by atoms with E-state index in [2.05, 4.69) is 44.9 Å². The number of hydrogen-bond acceptors (Lipinski definition) is 7. The summed E-state index contributed by atoms with van der Waals surface area (Å²) >= 11 is 0. The first-order valence-electron chi connectivity index (χ1n) is 15.2. The number of guanidine groups is 1. The number of nitrogens with zero attached hydrogens (tertiary/aromatic N) is 2. The molecule has 0 radical (unpaired) electrons. The largest absolute Gasteiger partial charge is 0.481 e. The van der Waals surface area contributed by atoms with Gasteiger partial charge < -0.3 is 20.4 Å². The number of Topliss-reactive ketones (excluding diaryl/α,β-unsaturated/α-hetero) is 1. The van der Waals surface area contributed by atoms with E-state index in [9.17, 15) is 19.7 Å². The first-order chi connectivity index (χ1) is 19.8. The van der Waals surface area contributed by atoms with E-state index in [1.54, 1.807) is 0 Å². The summed E-state index contributed by atoms with van der Waals surface area (Å²) in [6.07, 6.45) is 3.91. The van der Waals surface area contributed by atoms with E-state index in [-0.39, 0.29) is 66.0 Å². The average molecular weight is 584 g/mol. The van der Waals surface area contributed by atoms with Crippen molar-refractivity contribution in [3.05, 3.63) is 46.0 Å². The van der Waals surface area contributed by atoms with Crippen LogP contribution in [0.1, 0.15) is 78.7 Å². The normalized spacial score (nSPS) is 27.5. The van der Waals surface area contributed by atoms with Gasteiger partial charge in [0.25, 0.3) is 5.96 Å². The second kappa shape index (κ2) is 13.1. The van der Waals surface area contributed by atoms with Gasteiger partial charge in [0.1, 0.15) is 5.78 Å². The lowest BCUT2D eigenvalue weighted by molar-refractivity contribution is -0.525. The molecule has 4 N–H and O–H groups in total. The van der Waals surface area contributed by atoms with Crippen LogP contribution in [-0.4, -0.2) is 54.0 Å². The summed E-state index contributed by atoms with van der Waals surface area (Å²) in [7, 11) is -0.556. The summed E-state index contributed by atoms with van der Waals surface area (Å²) in [5.74, 6) is -0.189. The fourth-order valence-corrected chi connectivity index (χ4v) is 7.28. The molecule has 4 aliphatic rings. The zero-order valence-electron chi connectivity index (χ0n) is 25.5. The predicted molar refractivity (Wildman–Crippen MR) is 161 cm³/mol. The minimum atomic E-state index is -0.778. The topological polar surface area (TPSA) is 158 Å². The van der Waals surface area contributed by atoms with Crippen LogP contribution in [0.3, 0.4) is 0 Å². The highest BCUT2D eigenvalue weighted by molar-refractivity contribution is 6.47. The van der Waals surface area contributed by atoms with Crippen molar-refractivity contribution in [2.24, 2.45) is 39.8 Å². The van der Waals surface area contributed by atoms with Crippen LogP contribution in [0.5, 0.6) is 0 Å². The minimum absolute atomic E-state index is 0.00480. The average Bonchev–Trinajstić information content (AvgIpc) is 3.27. The van der Waals surface area contributed by atoms with Gasteiger partial charge in [-0.15, -0.1) is 0 Å². The van der Waals surface area contributed by atoms with Crippen LogP contribution in [-0.2, 0) is 25.3 Å². The van der Waals surface area contributed by atoms with E-state index in [0.717, 1.165) is 18.4 Å². The summed E-state index contributed by atoms with van der Waals surface area (Å²) in [5.41, 5.74) is 8.06. The number of hydrogen-bond donors (Lipinski definition) is 3. The highest BCUT2D eigenvalue weighted by atomic mass is 16.7. The Hall–Kier alpha value is -2.99. The van der Waals surface area contributed by atoms with Gasteiger partial charge in [-0.3, -0.25) is 9.59 Å². The van der Waals surface area contributed by atoms with E-state index >= 15 is 0 Å². The second-order valence-electron chi connectivity index (χ2n) is 13.5. The Balaban J connectivity index is 1.44. The highest BCUT2D eigenvalue weighted by Crippen LogP contribution is 2.65. The number of nitrogens with one attached hydrogen (secondary N) is 2. The van der Waals surface area contributed by atoms with Gasteiger partial charge in [-0.05, 0) is 67.8 Å². The van der Waals surface area contributed by atoms with Crippen molar-refractivity contribution in [1.82, 2.24) is 10.7 Å². The Morgan fingerprint density at radius 1 is 1.21 bits per heavy atom. The Kier molecular flexibility index (Phi) is 9.97. The molecule has 5 rings (SSSR count). The minimum Gasteiger partial charge on any atom is -0.404 e. The molecule has 1 aliphatic heterocycles. The highest BCUT2D eigenvalue weighted by Gasteiger charge is 2.68. The van der Waals surface area contributed by atoms with Gasteiger partial charge in [0.2, 0.25) is 5.91 Å². The van der Waals surface area contributed by atoms with E-state index in [1.807, 2.05) is 35.8 Å². The molecule has 1 heterocycles. The summed E-state index contributed by atoms with van der Waals surface area (Å²) in [6, 6.07) is 9.45. The van der Waals surface area contributed by atoms with Gasteiger partial charge in [0, 0.05) is 25.3 Å². The Bertz CT molecular complexity index is 1160. The summed E-state index contributed by atoms with van der Waals surface area (Å²) in [5, 5.41) is 13.0. The molecule has 0 spiro atoms. The molecular weight excluding hydrogens is 537 g/mol. The Morgan fingerprint density at radius 2 is 1.93 bits per heavy atom. The number of carbonyl (C=O) groups is 2. The summed E-state index contributed by atoms with van der Waals surface area (Å²) in [6.45, 7) is 11.2. The molecule has 6 atom stereocenters. The van der Waals surface area contributed by atoms with E-state index in [1.165, 1.54) is 0 Å². The molecule has 11 nitrogen and oxygen atoms in total. The van der Waals surface area contributed by atoms with Crippen molar-refractivity contribution >= 4 is 24.8 Å². The van der Waals surface area contributed by atoms with Crippen LogP contribution in [0.2, 0.25) is 0 Å². The molecule has 1 saturated heterocycles. The van der Waals surface area contributed by atoms with Gasteiger partial charge in [-0.2, -0.15) is 0 Å². The SMILES string of the molecule is CC(C)C[C@H](NC(=O)[C@H](CCCN=C(N)N[N+](=O)[O-])CC(=O)Cc1ccccc1)B1O[C@@H]2C[C@@H]3C[C@@H](C3(C)C)[C@]2(C)O1. The molecule has 2 bridgehead atoms. The van der Waals surface area contributed by atoms with Crippen LogP contribution in [0.4, 0.5) is 0 Å². The lowest BCUT2D eigenvalue weighted by Crippen LogP contribution is -2.65. The van der Waals surface area contributed by atoms with E-state index in [0.29, 0.717) is 31.1 Å². The summed E-state index contributed by atoms with van der Waals surface area (Å²) < 4.78 is 13.2. The number of nitro groups is 1. The maximum atomic E-state index is 13.8. The smallest absolute Gasteiger partial charge is 0.404 e. The van der Waals surface area contributed by atoms with Crippen molar-refractivity contribution in [3.63, 3.8) is 0 Å². The number of benzene rings is 1. The molecular formula is C30H46BN5O6. The monoisotopic (exact) mass is 583 g/mol. The van der Waals surface area contributed by atoms with Crippen molar-refractivity contribution in [1.29, 1.82) is 0 Å². The van der Waals surface area contributed by atoms with Crippen LogP contribution in [0.25, 0.3) is 0 Å². The zero-order valence-corrected chi connectivity index (χ0v) is 25.5. The fraction of sp³-hybridized carbons (Fsp3) is 0.700. The first kappa shape index (κ1) is 31.9. The van der Waals surface area contributed by atoms with E-state index in [4.69, 9.17) is 15.0 Å². The molecule has 42 heavy (non-hydrogen) atoms. The lowest BCUT2D eigenvalue weighted by Gasteiger charge is -2.64. The maximum absolute atomic E-state index is 13.8. The third-order valence-electron chi connectivity index (χ3n) is 9.64. The Morgan fingerprint density at radius 3 is 2.57 bits per heavy atom. The van der Waals surface area contributed by atoms with Crippen molar-refractivity contribution in [3.8, 4) is 0 Å². The number of nitrogens with two attached hydrogens (primary N) is 1.